The van der Waals surface area contributed by atoms with E-state index in [0.29, 0.717) is 5.56 Å². The second-order valence-electron chi connectivity index (χ2n) is 3.66. The van der Waals surface area contributed by atoms with Crippen LogP contribution in [0.5, 0.6) is 0 Å². The molecule has 0 radical (unpaired) electrons. The number of hydrogen-bond donors (Lipinski definition) is 1. The van der Waals surface area contributed by atoms with Crippen LogP contribution in [-0.2, 0) is 14.8 Å². The van der Waals surface area contributed by atoms with E-state index in [1.807, 2.05) is 0 Å². The fourth-order valence-corrected chi connectivity index (χ4v) is 3.17. The highest BCUT2D eigenvalue weighted by molar-refractivity contribution is 7.89. The Balaban J connectivity index is 3.18. The quantitative estimate of drug-likeness (QED) is 0.832. The van der Waals surface area contributed by atoms with Crippen LogP contribution in [0, 0.1) is 6.92 Å². The smallest absolute Gasteiger partial charge is 0.243 e. The molecule has 0 heterocycles. The average molecular weight is 256 g/mol. The summed E-state index contributed by atoms with van der Waals surface area (Å²) in [6.45, 7) is 3.29. The van der Waals surface area contributed by atoms with Crippen molar-refractivity contribution < 1.29 is 13.2 Å². The summed E-state index contributed by atoms with van der Waals surface area (Å²) in [7, 11) is -3.64. The molecule has 0 aliphatic heterocycles. The topological polar surface area (TPSA) is 80.5 Å². The molecular weight excluding hydrogens is 240 g/mol. The molecule has 0 bridgehead atoms. The molecule has 0 aliphatic carbocycles. The Morgan fingerprint density at radius 3 is 2.41 bits per heavy atom. The molecule has 6 heteroatoms. The van der Waals surface area contributed by atoms with Gasteiger partial charge in [0.05, 0.1) is 11.4 Å². The number of benzene rings is 1. The first kappa shape index (κ1) is 13.7. The van der Waals surface area contributed by atoms with Gasteiger partial charge in [0.15, 0.2) is 0 Å². The van der Waals surface area contributed by atoms with Crippen molar-refractivity contribution >= 4 is 15.9 Å². The third-order valence-electron chi connectivity index (χ3n) is 2.40. The van der Waals surface area contributed by atoms with Crippen molar-refractivity contribution in [1.29, 1.82) is 0 Å². The van der Waals surface area contributed by atoms with Gasteiger partial charge in [-0.25, -0.2) is 8.42 Å². The van der Waals surface area contributed by atoms with Gasteiger partial charge in [-0.3, -0.25) is 4.79 Å². The molecule has 1 aromatic rings. The summed E-state index contributed by atoms with van der Waals surface area (Å²) >= 11 is 0. The van der Waals surface area contributed by atoms with Gasteiger partial charge in [-0.2, -0.15) is 4.31 Å². The lowest BCUT2D eigenvalue weighted by molar-refractivity contribution is -0.118. The number of likely N-dealkylation sites (N-methyl/N-ethyl adjacent to an activating group) is 1. The number of primary amides is 1. The van der Waals surface area contributed by atoms with Crippen molar-refractivity contribution in [3.05, 3.63) is 29.8 Å². The van der Waals surface area contributed by atoms with E-state index in [2.05, 4.69) is 0 Å². The van der Waals surface area contributed by atoms with Crippen LogP contribution in [0.25, 0.3) is 0 Å². The number of amides is 1. The number of carbonyl (C=O) groups is 1. The molecular formula is C11H16N2O3S. The molecule has 5 nitrogen and oxygen atoms in total. The molecule has 0 atom stereocenters. The van der Waals surface area contributed by atoms with Crippen LogP contribution >= 0.6 is 0 Å². The predicted octanol–water partition coefficient (Wildman–Crippen LogP) is 0.491. The van der Waals surface area contributed by atoms with E-state index >= 15 is 0 Å². The summed E-state index contributed by atoms with van der Waals surface area (Å²) in [5, 5.41) is 0. The summed E-state index contributed by atoms with van der Waals surface area (Å²) in [5.41, 5.74) is 5.69. The molecule has 17 heavy (non-hydrogen) atoms. The normalized spacial score (nSPS) is 11.7. The Kier molecular flexibility index (Phi) is 4.25. The van der Waals surface area contributed by atoms with Crippen molar-refractivity contribution in [2.45, 2.75) is 18.7 Å². The summed E-state index contributed by atoms with van der Waals surface area (Å²) in [6, 6.07) is 6.65. The molecule has 94 valence electrons. The standard InChI is InChI=1S/C11H16N2O3S/c1-3-13(8-11(12)14)17(15,16)10-7-5-4-6-9(10)2/h4-7H,3,8H2,1-2H3,(H2,12,14). The molecule has 2 N–H and O–H groups in total. The summed E-state index contributed by atoms with van der Waals surface area (Å²) in [4.78, 5) is 11.1. The fourth-order valence-electron chi connectivity index (χ4n) is 1.53. The molecule has 0 saturated carbocycles. The minimum atomic E-state index is -3.64. The Morgan fingerprint density at radius 2 is 1.94 bits per heavy atom. The maximum atomic E-state index is 12.2. The van der Waals surface area contributed by atoms with E-state index in [4.69, 9.17) is 5.73 Å². The second kappa shape index (κ2) is 5.29. The Morgan fingerprint density at radius 1 is 1.35 bits per heavy atom. The van der Waals surface area contributed by atoms with Gasteiger partial charge >= 0.3 is 0 Å². The maximum absolute atomic E-state index is 12.2. The van der Waals surface area contributed by atoms with E-state index in [0.717, 1.165) is 4.31 Å². The minimum absolute atomic E-state index is 0.208. The summed E-state index contributed by atoms with van der Waals surface area (Å²) in [6.07, 6.45) is 0. The molecule has 0 aliphatic rings. The highest BCUT2D eigenvalue weighted by Gasteiger charge is 2.25. The zero-order valence-electron chi connectivity index (χ0n) is 9.88. The van der Waals surface area contributed by atoms with E-state index in [-0.39, 0.29) is 18.0 Å². The number of hydrogen-bond acceptors (Lipinski definition) is 3. The van der Waals surface area contributed by atoms with Crippen LogP contribution < -0.4 is 5.73 Å². The van der Waals surface area contributed by atoms with Crippen molar-refractivity contribution in [1.82, 2.24) is 4.31 Å². The van der Waals surface area contributed by atoms with Gasteiger partial charge in [0.25, 0.3) is 0 Å². The van der Waals surface area contributed by atoms with Crippen LogP contribution in [0.15, 0.2) is 29.2 Å². The van der Waals surface area contributed by atoms with Crippen LogP contribution in [0.1, 0.15) is 12.5 Å². The number of carbonyl (C=O) groups excluding carboxylic acids is 1. The molecule has 1 rings (SSSR count). The molecule has 1 amide bonds. The van der Waals surface area contributed by atoms with Crippen molar-refractivity contribution in [3.8, 4) is 0 Å². The van der Waals surface area contributed by atoms with Gasteiger partial charge in [-0.05, 0) is 18.6 Å². The lowest BCUT2D eigenvalue weighted by atomic mass is 10.2. The average Bonchev–Trinajstić information content (AvgIpc) is 2.25. The molecule has 0 aromatic heterocycles. The number of sulfonamides is 1. The fraction of sp³-hybridized carbons (Fsp3) is 0.364. The first-order valence-corrected chi connectivity index (χ1v) is 6.67. The van der Waals surface area contributed by atoms with Gasteiger partial charge in [-0.15, -0.1) is 0 Å². The zero-order valence-corrected chi connectivity index (χ0v) is 10.7. The van der Waals surface area contributed by atoms with E-state index in [1.54, 1.807) is 32.0 Å². The monoisotopic (exact) mass is 256 g/mol. The third-order valence-corrected chi connectivity index (χ3v) is 4.48. The van der Waals surface area contributed by atoms with Crippen LogP contribution in [0.2, 0.25) is 0 Å². The number of nitrogens with zero attached hydrogens (tertiary/aromatic N) is 1. The lowest BCUT2D eigenvalue weighted by Crippen LogP contribution is -2.38. The highest BCUT2D eigenvalue weighted by atomic mass is 32.2. The SMILES string of the molecule is CCN(CC(N)=O)S(=O)(=O)c1ccccc1C. The first-order chi connectivity index (χ1) is 7.89. The van der Waals surface area contributed by atoms with E-state index in [9.17, 15) is 13.2 Å². The molecule has 1 aromatic carbocycles. The van der Waals surface area contributed by atoms with Crippen molar-refractivity contribution in [2.24, 2.45) is 5.73 Å². The largest absolute Gasteiger partial charge is 0.369 e. The minimum Gasteiger partial charge on any atom is -0.369 e. The van der Waals surface area contributed by atoms with Crippen LogP contribution in [-0.4, -0.2) is 31.7 Å². The number of aryl methyl sites for hydroxylation is 1. The van der Waals surface area contributed by atoms with Gasteiger partial charge in [0.2, 0.25) is 15.9 Å². The predicted molar refractivity (Wildman–Crippen MR) is 64.8 cm³/mol. The number of nitrogens with two attached hydrogens (primary N) is 1. The van der Waals surface area contributed by atoms with E-state index < -0.39 is 15.9 Å². The van der Waals surface area contributed by atoms with Crippen molar-refractivity contribution in [3.63, 3.8) is 0 Å². The van der Waals surface area contributed by atoms with Crippen LogP contribution in [0.3, 0.4) is 0 Å². The van der Waals surface area contributed by atoms with Gasteiger partial charge in [-0.1, -0.05) is 25.1 Å². The number of rotatable bonds is 5. The maximum Gasteiger partial charge on any atom is 0.243 e. The Bertz CT molecular complexity index is 511. The van der Waals surface area contributed by atoms with Gasteiger partial charge in [0.1, 0.15) is 0 Å². The van der Waals surface area contributed by atoms with Crippen LogP contribution in [0.4, 0.5) is 0 Å². The summed E-state index contributed by atoms with van der Waals surface area (Å²) < 4.78 is 25.5. The zero-order chi connectivity index (χ0) is 13.1. The Hall–Kier alpha value is -1.40. The summed E-state index contributed by atoms with van der Waals surface area (Å²) in [5.74, 6) is -0.663. The van der Waals surface area contributed by atoms with Gasteiger partial charge in [0, 0.05) is 6.54 Å². The molecule has 0 unspecified atom stereocenters. The highest BCUT2D eigenvalue weighted by Crippen LogP contribution is 2.18. The van der Waals surface area contributed by atoms with E-state index in [1.165, 1.54) is 6.07 Å². The van der Waals surface area contributed by atoms with Crippen molar-refractivity contribution in [2.75, 3.05) is 13.1 Å². The molecule has 0 spiro atoms. The first-order valence-electron chi connectivity index (χ1n) is 5.23. The van der Waals surface area contributed by atoms with Gasteiger partial charge < -0.3 is 5.73 Å². The third kappa shape index (κ3) is 3.04. The molecule has 0 fully saturated rings. The second-order valence-corrected chi connectivity index (χ2v) is 5.57. The molecule has 0 saturated heterocycles. The lowest BCUT2D eigenvalue weighted by Gasteiger charge is -2.19. The Labute approximate surface area is 101 Å².